The van der Waals surface area contributed by atoms with Gasteiger partial charge in [-0.05, 0) is 44.5 Å². The van der Waals surface area contributed by atoms with Crippen molar-refractivity contribution in [1.29, 1.82) is 0 Å². The van der Waals surface area contributed by atoms with Crippen LogP contribution in [-0.2, 0) is 14.8 Å². The summed E-state index contributed by atoms with van der Waals surface area (Å²) >= 11 is 0. The second kappa shape index (κ2) is 7.15. The van der Waals surface area contributed by atoms with Gasteiger partial charge in [0.15, 0.2) is 0 Å². The molecule has 0 radical (unpaired) electrons. The molecule has 2 aromatic rings. The zero-order valence-corrected chi connectivity index (χ0v) is 15.1. The van der Waals surface area contributed by atoms with Crippen molar-refractivity contribution >= 4 is 21.6 Å². The Labute approximate surface area is 143 Å². The van der Waals surface area contributed by atoms with Crippen molar-refractivity contribution in [3.8, 4) is 0 Å². The predicted molar refractivity (Wildman–Crippen MR) is 95.5 cm³/mol. The van der Waals surface area contributed by atoms with Gasteiger partial charge in [-0.2, -0.15) is 4.31 Å². The van der Waals surface area contributed by atoms with Crippen LogP contribution in [0.3, 0.4) is 0 Å². The van der Waals surface area contributed by atoms with Gasteiger partial charge < -0.3 is 5.32 Å². The lowest BCUT2D eigenvalue weighted by Gasteiger charge is -2.18. The molecule has 1 amide bonds. The molecule has 2 aromatic carbocycles. The molecule has 0 aliphatic heterocycles. The van der Waals surface area contributed by atoms with Crippen LogP contribution in [0, 0.1) is 20.8 Å². The van der Waals surface area contributed by atoms with Gasteiger partial charge in [0.2, 0.25) is 15.9 Å². The Morgan fingerprint density at radius 1 is 1.00 bits per heavy atom. The van der Waals surface area contributed by atoms with E-state index >= 15 is 0 Å². The first-order valence-electron chi connectivity index (χ1n) is 7.60. The van der Waals surface area contributed by atoms with E-state index in [2.05, 4.69) is 5.32 Å². The molecule has 0 saturated heterocycles. The molecule has 0 aliphatic rings. The van der Waals surface area contributed by atoms with Gasteiger partial charge in [0.05, 0.1) is 11.4 Å². The van der Waals surface area contributed by atoms with Gasteiger partial charge in [0, 0.05) is 12.7 Å². The summed E-state index contributed by atoms with van der Waals surface area (Å²) in [5, 5.41) is 2.70. The average molecular weight is 346 g/mol. The first kappa shape index (κ1) is 18.2. The van der Waals surface area contributed by atoms with Crippen molar-refractivity contribution in [1.82, 2.24) is 4.31 Å². The van der Waals surface area contributed by atoms with Crippen LogP contribution in [0.2, 0.25) is 0 Å². The topological polar surface area (TPSA) is 66.5 Å². The molecule has 0 heterocycles. The highest BCUT2D eigenvalue weighted by atomic mass is 32.2. The van der Waals surface area contributed by atoms with Crippen molar-refractivity contribution in [3.05, 3.63) is 59.2 Å². The minimum atomic E-state index is -3.71. The monoisotopic (exact) mass is 346 g/mol. The second-order valence-corrected chi connectivity index (χ2v) is 7.96. The summed E-state index contributed by atoms with van der Waals surface area (Å²) in [6, 6.07) is 12.5. The Balaban J connectivity index is 2.11. The molecule has 128 valence electrons. The van der Waals surface area contributed by atoms with Crippen LogP contribution >= 0.6 is 0 Å². The Morgan fingerprint density at radius 3 is 2.17 bits per heavy atom. The highest BCUT2D eigenvalue weighted by molar-refractivity contribution is 7.89. The van der Waals surface area contributed by atoms with Gasteiger partial charge in [-0.25, -0.2) is 8.42 Å². The average Bonchev–Trinajstić information content (AvgIpc) is 2.49. The van der Waals surface area contributed by atoms with Crippen molar-refractivity contribution in [3.63, 3.8) is 0 Å². The quantitative estimate of drug-likeness (QED) is 0.905. The smallest absolute Gasteiger partial charge is 0.243 e. The van der Waals surface area contributed by atoms with Crippen LogP contribution < -0.4 is 5.32 Å². The standard InChI is InChI=1S/C18H22N2O3S/c1-13-5-8-16(9-6-13)19-18(21)12-20(4)24(22,23)17-10-7-14(2)11-15(17)3/h5-11H,12H2,1-4H3,(H,19,21). The Kier molecular flexibility index (Phi) is 5.41. The SMILES string of the molecule is Cc1ccc(NC(=O)CN(C)S(=O)(=O)c2ccc(C)cc2C)cc1. The zero-order chi connectivity index (χ0) is 17.9. The maximum Gasteiger partial charge on any atom is 0.243 e. The number of benzene rings is 2. The van der Waals surface area contributed by atoms with E-state index in [1.807, 2.05) is 32.0 Å². The maximum absolute atomic E-state index is 12.6. The normalized spacial score (nSPS) is 11.5. The third-order valence-electron chi connectivity index (χ3n) is 3.72. The fourth-order valence-corrected chi connectivity index (χ4v) is 3.71. The van der Waals surface area contributed by atoms with E-state index in [9.17, 15) is 13.2 Å². The number of anilines is 1. The van der Waals surface area contributed by atoms with Gasteiger partial charge in [0.1, 0.15) is 0 Å². The number of aryl methyl sites for hydroxylation is 3. The fraction of sp³-hybridized carbons (Fsp3) is 0.278. The predicted octanol–water partition coefficient (Wildman–Crippen LogP) is 2.87. The van der Waals surface area contributed by atoms with Crippen LogP contribution in [0.1, 0.15) is 16.7 Å². The lowest BCUT2D eigenvalue weighted by molar-refractivity contribution is -0.116. The molecule has 0 bridgehead atoms. The number of nitrogens with zero attached hydrogens (tertiary/aromatic N) is 1. The van der Waals surface area contributed by atoms with Crippen LogP contribution in [0.15, 0.2) is 47.4 Å². The Morgan fingerprint density at radius 2 is 1.58 bits per heavy atom. The van der Waals surface area contributed by atoms with Crippen LogP contribution in [0.5, 0.6) is 0 Å². The number of hydrogen-bond donors (Lipinski definition) is 1. The maximum atomic E-state index is 12.6. The van der Waals surface area contributed by atoms with Crippen molar-refractivity contribution < 1.29 is 13.2 Å². The minimum absolute atomic E-state index is 0.221. The molecule has 0 saturated carbocycles. The molecule has 5 nitrogen and oxygen atoms in total. The summed E-state index contributed by atoms with van der Waals surface area (Å²) < 4.78 is 26.3. The van der Waals surface area contributed by atoms with E-state index in [-0.39, 0.29) is 17.3 Å². The molecular weight excluding hydrogens is 324 g/mol. The van der Waals surface area contributed by atoms with E-state index < -0.39 is 10.0 Å². The summed E-state index contributed by atoms with van der Waals surface area (Å²) in [7, 11) is -2.30. The van der Waals surface area contributed by atoms with Crippen molar-refractivity contribution in [2.75, 3.05) is 18.9 Å². The zero-order valence-electron chi connectivity index (χ0n) is 14.3. The third kappa shape index (κ3) is 4.21. The van der Waals surface area contributed by atoms with Crippen molar-refractivity contribution in [2.24, 2.45) is 0 Å². The first-order chi connectivity index (χ1) is 11.2. The van der Waals surface area contributed by atoms with E-state index in [1.54, 1.807) is 31.2 Å². The number of carbonyl (C=O) groups is 1. The number of amides is 1. The van der Waals surface area contributed by atoms with Gasteiger partial charge in [-0.1, -0.05) is 35.4 Å². The number of carbonyl (C=O) groups excluding carboxylic acids is 1. The van der Waals surface area contributed by atoms with Crippen molar-refractivity contribution in [2.45, 2.75) is 25.7 Å². The molecule has 1 N–H and O–H groups in total. The largest absolute Gasteiger partial charge is 0.325 e. The highest BCUT2D eigenvalue weighted by Gasteiger charge is 2.24. The molecule has 0 spiro atoms. The molecular formula is C18H22N2O3S. The van der Waals surface area contributed by atoms with Gasteiger partial charge in [-0.15, -0.1) is 0 Å². The summed E-state index contributed by atoms with van der Waals surface area (Å²) in [6.07, 6.45) is 0. The number of rotatable bonds is 5. The van der Waals surface area contributed by atoms with Gasteiger partial charge >= 0.3 is 0 Å². The molecule has 0 atom stereocenters. The van der Waals surface area contributed by atoms with Crippen LogP contribution in [-0.4, -0.2) is 32.2 Å². The summed E-state index contributed by atoms with van der Waals surface area (Å²) in [6.45, 7) is 5.36. The molecule has 0 fully saturated rings. The van der Waals surface area contributed by atoms with E-state index in [0.29, 0.717) is 11.3 Å². The number of sulfonamides is 1. The number of likely N-dealkylation sites (N-methyl/N-ethyl adjacent to an activating group) is 1. The summed E-state index contributed by atoms with van der Waals surface area (Å²) in [5.41, 5.74) is 3.39. The molecule has 6 heteroatoms. The lowest BCUT2D eigenvalue weighted by atomic mass is 10.2. The van der Waals surface area contributed by atoms with E-state index in [0.717, 1.165) is 15.4 Å². The summed E-state index contributed by atoms with van der Waals surface area (Å²) in [5.74, 6) is -0.380. The lowest BCUT2D eigenvalue weighted by Crippen LogP contribution is -2.35. The molecule has 2 rings (SSSR count). The molecule has 0 aromatic heterocycles. The highest BCUT2D eigenvalue weighted by Crippen LogP contribution is 2.20. The summed E-state index contributed by atoms with van der Waals surface area (Å²) in [4.78, 5) is 12.3. The van der Waals surface area contributed by atoms with Crippen LogP contribution in [0.25, 0.3) is 0 Å². The fourth-order valence-electron chi connectivity index (χ4n) is 2.38. The minimum Gasteiger partial charge on any atom is -0.325 e. The van der Waals surface area contributed by atoms with E-state index in [4.69, 9.17) is 0 Å². The second-order valence-electron chi connectivity index (χ2n) is 5.94. The third-order valence-corrected chi connectivity index (χ3v) is 5.68. The Bertz CT molecular complexity index is 843. The molecule has 24 heavy (non-hydrogen) atoms. The van der Waals surface area contributed by atoms with Gasteiger partial charge in [-0.3, -0.25) is 4.79 Å². The van der Waals surface area contributed by atoms with Crippen LogP contribution in [0.4, 0.5) is 5.69 Å². The van der Waals surface area contributed by atoms with E-state index in [1.165, 1.54) is 7.05 Å². The number of nitrogens with one attached hydrogen (secondary N) is 1. The molecule has 0 aliphatic carbocycles. The Hall–Kier alpha value is -2.18. The first-order valence-corrected chi connectivity index (χ1v) is 9.04. The number of hydrogen-bond acceptors (Lipinski definition) is 3. The van der Waals surface area contributed by atoms with Gasteiger partial charge in [0.25, 0.3) is 0 Å². The molecule has 0 unspecified atom stereocenters.